The first-order chi connectivity index (χ1) is 12.8. The molecule has 4 nitrogen and oxygen atoms in total. The van der Waals surface area contributed by atoms with E-state index in [1.807, 2.05) is 83.8 Å². The minimum absolute atomic E-state index is 0.0269. The van der Waals surface area contributed by atoms with Gasteiger partial charge in [0.2, 0.25) is 0 Å². The molecule has 0 aliphatic rings. The number of carbonyl (C=O) groups is 1. The molecule has 4 heteroatoms. The van der Waals surface area contributed by atoms with Crippen LogP contribution in [0.3, 0.4) is 0 Å². The molecule has 1 heterocycles. The molecule has 0 N–H and O–H groups in total. The van der Waals surface area contributed by atoms with Crippen LogP contribution >= 0.6 is 0 Å². The zero-order chi connectivity index (χ0) is 18.0. The molecule has 1 aromatic heterocycles. The number of pyridine rings is 1. The molecule has 0 aliphatic heterocycles. The molecule has 0 fully saturated rings. The van der Waals surface area contributed by atoms with Gasteiger partial charge < -0.3 is 9.64 Å². The van der Waals surface area contributed by atoms with E-state index in [0.29, 0.717) is 25.3 Å². The zero-order valence-corrected chi connectivity index (χ0v) is 14.6. The van der Waals surface area contributed by atoms with E-state index in [9.17, 15) is 4.79 Å². The largest absolute Gasteiger partial charge is 0.484 e. The second-order valence-corrected chi connectivity index (χ2v) is 5.97. The normalized spacial score (nSPS) is 10.3. The van der Waals surface area contributed by atoms with Crippen molar-refractivity contribution in [2.45, 2.75) is 13.0 Å². The summed E-state index contributed by atoms with van der Waals surface area (Å²) in [6, 6.07) is 25.2. The summed E-state index contributed by atoms with van der Waals surface area (Å²) in [5.41, 5.74) is 2.07. The van der Waals surface area contributed by atoms with Gasteiger partial charge >= 0.3 is 0 Å². The van der Waals surface area contributed by atoms with Crippen molar-refractivity contribution in [3.63, 3.8) is 0 Å². The number of carbonyl (C=O) groups excluding carboxylic acids is 1. The van der Waals surface area contributed by atoms with Crippen LogP contribution in [0.25, 0.3) is 0 Å². The molecule has 132 valence electrons. The lowest BCUT2D eigenvalue weighted by molar-refractivity contribution is -0.134. The maximum Gasteiger partial charge on any atom is 0.260 e. The van der Waals surface area contributed by atoms with Crippen molar-refractivity contribution in [1.29, 1.82) is 0 Å². The van der Waals surface area contributed by atoms with E-state index < -0.39 is 0 Å². The summed E-state index contributed by atoms with van der Waals surface area (Å²) in [5, 5.41) is 0. The average Bonchev–Trinajstić information content (AvgIpc) is 2.71. The van der Waals surface area contributed by atoms with Gasteiger partial charge in [-0.3, -0.25) is 9.78 Å². The summed E-state index contributed by atoms with van der Waals surface area (Å²) in [4.78, 5) is 18.9. The zero-order valence-electron chi connectivity index (χ0n) is 14.6. The molecule has 3 rings (SSSR count). The Labute approximate surface area is 154 Å². The van der Waals surface area contributed by atoms with Crippen LogP contribution in [0, 0.1) is 0 Å². The summed E-state index contributed by atoms with van der Waals surface area (Å²) < 4.78 is 5.63. The Morgan fingerprint density at radius 2 is 1.58 bits per heavy atom. The molecular formula is C22H22N2O2. The van der Waals surface area contributed by atoms with E-state index in [4.69, 9.17) is 4.74 Å². The number of para-hydroxylation sites is 1. The van der Waals surface area contributed by atoms with Crippen LogP contribution in [0.2, 0.25) is 0 Å². The Morgan fingerprint density at radius 3 is 2.27 bits per heavy atom. The first kappa shape index (κ1) is 17.7. The Kier molecular flexibility index (Phi) is 6.37. The highest BCUT2D eigenvalue weighted by atomic mass is 16.5. The fourth-order valence-electron chi connectivity index (χ4n) is 2.64. The van der Waals surface area contributed by atoms with Gasteiger partial charge in [-0.1, -0.05) is 54.6 Å². The van der Waals surface area contributed by atoms with Gasteiger partial charge in [-0.15, -0.1) is 0 Å². The van der Waals surface area contributed by atoms with E-state index in [1.54, 1.807) is 6.20 Å². The molecule has 0 spiro atoms. The lowest BCUT2D eigenvalue weighted by Gasteiger charge is -2.23. The van der Waals surface area contributed by atoms with Crippen molar-refractivity contribution in [2.75, 3.05) is 13.2 Å². The molecule has 0 unspecified atom stereocenters. The number of hydrogen-bond acceptors (Lipinski definition) is 3. The summed E-state index contributed by atoms with van der Waals surface area (Å²) in [7, 11) is 0. The third kappa shape index (κ3) is 5.45. The fourth-order valence-corrected chi connectivity index (χ4v) is 2.64. The van der Waals surface area contributed by atoms with Gasteiger partial charge in [0.15, 0.2) is 6.61 Å². The maximum absolute atomic E-state index is 12.7. The summed E-state index contributed by atoms with van der Waals surface area (Å²) in [5.74, 6) is 0.666. The molecule has 26 heavy (non-hydrogen) atoms. The summed E-state index contributed by atoms with van der Waals surface area (Å²) in [6.45, 7) is 1.19. The van der Waals surface area contributed by atoms with Gasteiger partial charge in [0.05, 0.1) is 0 Å². The minimum Gasteiger partial charge on any atom is -0.484 e. The summed E-state index contributed by atoms with van der Waals surface area (Å²) >= 11 is 0. The Balaban J connectivity index is 1.63. The van der Waals surface area contributed by atoms with Crippen LogP contribution in [0.15, 0.2) is 85.1 Å². The van der Waals surface area contributed by atoms with Crippen molar-refractivity contribution in [3.8, 4) is 5.75 Å². The van der Waals surface area contributed by atoms with E-state index in [0.717, 1.165) is 11.3 Å². The topological polar surface area (TPSA) is 42.4 Å². The quantitative estimate of drug-likeness (QED) is 0.624. The minimum atomic E-state index is -0.0337. The van der Waals surface area contributed by atoms with Crippen LogP contribution in [-0.2, 0) is 17.8 Å². The monoisotopic (exact) mass is 346 g/mol. The Hall–Kier alpha value is -3.14. The molecule has 0 aliphatic carbocycles. The SMILES string of the molecule is O=C(COc1ccccc1)N(CCc1ccccn1)Cc1ccccc1. The fraction of sp³-hybridized carbons (Fsp3) is 0.182. The first-order valence-corrected chi connectivity index (χ1v) is 8.71. The molecule has 1 amide bonds. The summed E-state index contributed by atoms with van der Waals surface area (Å²) in [6.07, 6.45) is 2.49. The van der Waals surface area contributed by atoms with Gasteiger partial charge in [0, 0.05) is 31.4 Å². The number of nitrogens with zero attached hydrogens (tertiary/aromatic N) is 2. The molecule has 0 atom stereocenters. The van der Waals surface area contributed by atoms with Crippen LogP contribution in [0.5, 0.6) is 5.75 Å². The number of benzene rings is 2. The number of ether oxygens (including phenoxy) is 1. The number of rotatable bonds is 8. The predicted molar refractivity (Wildman–Crippen MR) is 102 cm³/mol. The lowest BCUT2D eigenvalue weighted by atomic mass is 10.2. The van der Waals surface area contributed by atoms with Gasteiger partial charge in [-0.25, -0.2) is 0 Å². The molecule has 0 saturated carbocycles. The highest BCUT2D eigenvalue weighted by Gasteiger charge is 2.15. The van der Waals surface area contributed by atoms with Crippen molar-refractivity contribution in [3.05, 3.63) is 96.3 Å². The highest BCUT2D eigenvalue weighted by Crippen LogP contribution is 2.10. The second kappa shape index (κ2) is 9.37. The maximum atomic E-state index is 12.7. The van der Waals surface area contributed by atoms with E-state index in [1.165, 1.54) is 0 Å². The smallest absolute Gasteiger partial charge is 0.260 e. The molecule has 3 aromatic rings. The van der Waals surface area contributed by atoms with Crippen LogP contribution in [0.1, 0.15) is 11.3 Å². The van der Waals surface area contributed by atoms with Gasteiger partial charge in [0.25, 0.3) is 5.91 Å². The van der Waals surface area contributed by atoms with Gasteiger partial charge in [-0.2, -0.15) is 0 Å². The van der Waals surface area contributed by atoms with E-state index in [2.05, 4.69) is 4.98 Å². The predicted octanol–water partition coefficient (Wildman–Crippen LogP) is 3.73. The Bertz CT molecular complexity index is 792. The van der Waals surface area contributed by atoms with Crippen LogP contribution < -0.4 is 4.74 Å². The first-order valence-electron chi connectivity index (χ1n) is 8.71. The average molecular weight is 346 g/mol. The van der Waals surface area contributed by atoms with Crippen molar-refractivity contribution < 1.29 is 9.53 Å². The molecular weight excluding hydrogens is 324 g/mol. The highest BCUT2D eigenvalue weighted by molar-refractivity contribution is 5.77. The lowest BCUT2D eigenvalue weighted by Crippen LogP contribution is -2.36. The third-order valence-electron chi connectivity index (χ3n) is 4.04. The molecule has 0 bridgehead atoms. The van der Waals surface area contributed by atoms with Gasteiger partial charge in [0.1, 0.15) is 5.75 Å². The number of amides is 1. The third-order valence-corrected chi connectivity index (χ3v) is 4.04. The second-order valence-electron chi connectivity index (χ2n) is 5.97. The van der Waals surface area contributed by atoms with Crippen LogP contribution in [0.4, 0.5) is 0 Å². The number of aromatic nitrogens is 1. The van der Waals surface area contributed by atoms with Crippen LogP contribution in [-0.4, -0.2) is 28.9 Å². The van der Waals surface area contributed by atoms with Gasteiger partial charge in [-0.05, 0) is 29.8 Å². The molecule has 0 radical (unpaired) electrons. The standard InChI is InChI=1S/C22H22N2O2/c25-22(18-26-21-12-5-2-6-13-21)24(17-19-9-3-1-4-10-19)16-14-20-11-7-8-15-23-20/h1-13,15H,14,16-18H2. The van der Waals surface area contributed by atoms with E-state index in [-0.39, 0.29) is 12.5 Å². The van der Waals surface area contributed by atoms with E-state index >= 15 is 0 Å². The molecule has 0 saturated heterocycles. The molecule has 2 aromatic carbocycles. The van der Waals surface area contributed by atoms with Crippen molar-refractivity contribution in [1.82, 2.24) is 9.88 Å². The Morgan fingerprint density at radius 1 is 0.885 bits per heavy atom. The number of hydrogen-bond donors (Lipinski definition) is 0. The van der Waals surface area contributed by atoms with Crippen molar-refractivity contribution >= 4 is 5.91 Å². The van der Waals surface area contributed by atoms with Crippen molar-refractivity contribution in [2.24, 2.45) is 0 Å².